The summed E-state index contributed by atoms with van der Waals surface area (Å²) in [6.45, 7) is 4.59. The number of amides is 2. The molecule has 0 aromatic carbocycles. The van der Waals surface area contributed by atoms with Gasteiger partial charge in [-0.2, -0.15) is 0 Å². The molecule has 0 radical (unpaired) electrons. The van der Waals surface area contributed by atoms with Gasteiger partial charge in [0.15, 0.2) is 0 Å². The zero-order valence-electron chi connectivity index (χ0n) is 15.8. The van der Waals surface area contributed by atoms with Crippen LogP contribution in [0.1, 0.15) is 45.2 Å². The van der Waals surface area contributed by atoms with Crippen LogP contribution in [0, 0.1) is 0 Å². The largest absolute Gasteiger partial charge is 0.447 e. The molecule has 0 atom stereocenters. The lowest BCUT2D eigenvalue weighted by Gasteiger charge is -2.30. The van der Waals surface area contributed by atoms with Gasteiger partial charge in [-0.1, -0.05) is 25.4 Å². The Bertz CT molecular complexity index is 593. The average Bonchev–Trinajstić information content (AvgIpc) is 3.10. The van der Waals surface area contributed by atoms with E-state index in [1.54, 1.807) is 18.3 Å². The zero-order valence-corrected chi connectivity index (χ0v) is 16.5. The number of halogens is 1. The fourth-order valence-corrected chi connectivity index (χ4v) is 2.79. The number of imide groups is 1. The highest BCUT2D eigenvalue weighted by atomic mass is 35.5. The normalized spacial score (nSPS) is 13.9. The van der Waals surface area contributed by atoms with E-state index in [0.717, 1.165) is 4.90 Å². The van der Waals surface area contributed by atoms with Crippen LogP contribution < -0.4 is 0 Å². The Morgan fingerprint density at radius 2 is 2.04 bits per heavy atom. The summed E-state index contributed by atoms with van der Waals surface area (Å²) in [6, 6.07) is 3.37. The summed E-state index contributed by atoms with van der Waals surface area (Å²) in [5.74, 6) is -1.24. The predicted molar refractivity (Wildman–Crippen MR) is 97.8 cm³/mol. The van der Waals surface area contributed by atoms with E-state index in [1.165, 1.54) is 14.2 Å². The summed E-state index contributed by atoms with van der Waals surface area (Å²) in [6.07, 6.45) is 3.05. The van der Waals surface area contributed by atoms with Crippen LogP contribution >= 0.6 is 11.6 Å². The molecule has 2 heterocycles. The Balaban J connectivity index is 0.00000163. The Morgan fingerprint density at radius 1 is 1.35 bits per heavy atom. The summed E-state index contributed by atoms with van der Waals surface area (Å²) in [5.41, 5.74) is 0.578. The van der Waals surface area contributed by atoms with Gasteiger partial charge in [-0.05, 0) is 25.0 Å². The van der Waals surface area contributed by atoms with Gasteiger partial charge in [0.1, 0.15) is 12.3 Å². The first-order valence-electron chi connectivity index (χ1n) is 8.72. The third-order valence-electron chi connectivity index (χ3n) is 3.98. The highest BCUT2D eigenvalue weighted by Gasteiger charge is 2.34. The Hall–Kier alpha value is -1.70. The van der Waals surface area contributed by atoms with Crippen molar-refractivity contribution in [3.05, 3.63) is 29.0 Å². The maximum atomic E-state index is 12.0. The van der Waals surface area contributed by atoms with Gasteiger partial charge >= 0.3 is 6.09 Å². The molecule has 146 valence electrons. The SMILES string of the molecule is CC.COC(CCCCC(=O)N1CCOC1=O)(OC)c1cc(Cl)ccn1. The minimum absolute atomic E-state index is 0.223. The van der Waals surface area contributed by atoms with Gasteiger partial charge in [0.05, 0.1) is 6.54 Å². The molecule has 0 unspecified atom stereocenters. The molecular weight excluding hydrogens is 360 g/mol. The molecule has 7 nitrogen and oxygen atoms in total. The molecule has 1 saturated heterocycles. The van der Waals surface area contributed by atoms with Gasteiger partial charge < -0.3 is 14.2 Å². The van der Waals surface area contributed by atoms with Crippen molar-refractivity contribution in [2.75, 3.05) is 27.4 Å². The van der Waals surface area contributed by atoms with E-state index in [2.05, 4.69) is 4.98 Å². The molecular formula is C18H27ClN2O5. The van der Waals surface area contributed by atoms with Crippen molar-refractivity contribution in [2.24, 2.45) is 0 Å². The summed E-state index contributed by atoms with van der Waals surface area (Å²) in [7, 11) is 3.08. The Morgan fingerprint density at radius 3 is 2.58 bits per heavy atom. The smallest absolute Gasteiger partial charge is 0.416 e. The van der Waals surface area contributed by atoms with Crippen LogP contribution in [0.4, 0.5) is 4.79 Å². The van der Waals surface area contributed by atoms with Crippen molar-refractivity contribution in [1.82, 2.24) is 9.88 Å². The number of unbranched alkanes of at least 4 members (excludes halogenated alkanes) is 1. The number of nitrogens with zero attached hydrogens (tertiary/aromatic N) is 2. The van der Waals surface area contributed by atoms with Crippen LogP contribution in [-0.2, 0) is 24.8 Å². The van der Waals surface area contributed by atoms with Crippen molar-refractivity contribution < 1.29 is 23.8 Å². The van der Waals surface area contributed by atoms with Crippen LogP contribution in [0.5, 0.6) is 0 Å². The standard InChI is InChI=1S/C16H21ClN2O5.C2H6/c1-22-16(23-2,13-11-12(17)6-8-18-13)7-4-3-5-14(20)19-9-10-24-15(19)21;1-2/h6,8,11H,3-5,7,9-10H2,1-2H3;1-2H3. The number of hydrogen-bond donors (Lipinski definition) is 0. The van der Waals surface area contributed by atoms with E-state index in [-0.39, 0.29) is 18.9 Å². The van der Waals surface area contributed by atoms with Gasteiger partial charge in [0.25, 0.3) is 0 Å². The molecule has 1 aromatic heterocycles. The van der Waals surface area contributed by atoms with Crippen molar-refractivity contribution in [3.63, 3.8) is 0 Å². The molecule has 2 rings (SSSR count). The number of methoxy groups -OCH3 is 2. The van der Waals surface area contributed by atoms with Crippen molar-refractivity contribution >= 4 is 23.6 Å². The second-order valence-electron chi connectivity index (χ2n) is 5.39. The second kappa shape index (κ2) is 11.1. The summed E-state index contributed by atoms with van der Waals surface area (Å²) < 4.78 is 15.8. The number of rotatable bonds is 8. The number of hydrogen-bond acceptors (Lipinski definition) is 6. The quantitative estimate of drug-likeness (QED) is 0.500. The Kier molecular flexibility index (Phi) is 9.54. The monoisotopic (exact) mass is 386 g/mol. The fraction of sp³-hybridized carbons (Fsp3) is 0.611. The van der Waals surface area contributed by atoms with Gasteiger partial charge in [-0.25, -0.2) is 9.69 Å². The average molecular weight is 387 g/mol. The third kappa shape index (κ3) is 5.65. The van der Waals surface area contributed by atoms with E-state index >= 15 is 0 Å². The number of carbonyl (C=O) groups excluding carboxylic acids is 2. The summed E-state index contributed by atoms with van der Waals surface area (Å²) in [5, 5.41) is 0.543. The molecule has 0 N–H and O–H groups in total. The van der Waals surface area contributed by atoms with E-state index in [4.69, 9.17) is 25.8 Å². The first-order valence-corrected chi connectivity index (χ1v) is 9.09. The van der Waals surface area contributed by atoms with Gasteiger partial charge in [0, 0.05) is 38.3 Å². The highest BCUT2D eigenvalue weighted by molar-refractivity contribution is 6.30. The molecule has 0 aliphatic carbocycles. The number of pyridine rings is 1. The topological polar surface area (TPSA) is 78.0 Å². The molecule has 1 aliphatic rings. The second-order valence-corrected chi connectivity index (χ2v) is 5.82. The van der Waals surface area contributed by atoms with Crippen LogP contribution in [0.3, 0.4) is 0 Å². The van der Waals surface area contributed by atoms with Crippen LogP contribution in [0.25, 0.3) is 0 Å². The van der Waals surface area contributed by atoms with Gasteiger partial charge in [0.2, 0.25) is 11.7 Å². The number of carbonyl (C=O) groups is 2. The van der Waals surface area contributed by atoms with Gasteiger partial charge in [-0.3, -0.25) is 9.78 Å². The van der Waals surface area contributed by atoms with Crippen molar-refractivity contribution in [1.29, 1.82) is 0 Å². The zero-order chi connectivity index (χ0) is 19.6. The molecule has 1 aliphatic heterocycles. The number of aromatic nitrogens is 1. The minimum Gasteiger partial charge on any atom is -0.447 e. The van der Waals surface area contributed by atoms with E-state index in [0.29, 0.717) is 36.5 Å². The molecule has 1 aromatic rings. The highest BCUT2D eigenvalue weighted by Crippen LogP contribution is 2.31. The summed E-state index contributed by atoms with van der Waals surface area (Å²) >= 11 is 6.01. The molecule has 1 fully saturated rings. The Labute approximate surface area is 159 Å². The minimum atomic E-state index is -1.01. The van der Waals surface area contributed by atoms with E-state index in [9.17, 15) is 9.59 Å². The van der Waals surface area contributed by atoms with Crippen molar-refractivity contribution in [2.45, 2.75) is 45.3 Å². The predicted octanol–water partition coefficient (Wildman–Crippen LogP) is 3.75. The molecule has 2 amide bonds. The molecule has 0 spiro atoms. The lowest BCUT2D eigenvalue weighted by atomic mass is 10.0. The molecule has 0 saturated carbocycles. The molecule has 8 heteroatoms. The van der Waals surface area contributed by atoms with E-state index in [1.807, 2.05) is 13.8 Å². The van der Waals surface area contributed by atoms with Crippen molar-refractivity contribution in [3.8, 4) is 0 Å². The maximum absolute atomic E-state index is 12.0. The maximum Gasteiger partial charge on any atom is 0.416 e. The first-order chi connectivity index (χ1) is 12.5. The molecule has 0 bridgehead atoms. The molecule has 26 heavy (non-hydrogen) atoms. The third-order valence-corrected chi connectivity index (χ3v) is 4.22. The first kappa shape index (κ1) is 22.3. The van der Waals surface area contributed by atoms with Gasteiger partial charge in [-0.15, -0.1) is 0 Å². The lowest BCUT2D eigenvalue weighted by molar-refractivity contribution is -0.223. The number of ether oxygens (including phenoxy) is 3. The van der Waals surface area contributed by atoms with Crippen LogP contribution in [-0.4, -0.2) is 49.3 Å². The fourth-order valence-electron chi connectivity index (χ4n) is 2.63. The lowest BCUT2D eigenvalue weighted by Crippen LogP contribution is -2.33. The van der Waals surface area contributed by atoms with Crippen LogP contribution in [0.15, 0.2) is 18.3 Å². The van der Waals surface area contributed by atoms with Crippen LogP contribution in [0.2, 0.25) is 5.02 Å². The van der Waals surface area contributed by atoms with E-state index < -0.39 is 11.9 Å². The number of cyclic esters (lactones) is 1. The summed E-state index contributed by atoms with van der Waals surface area (Å²) in [4.78, 5) is 28.7.